The normalized spacial score (nSPS) is 6.50. The average Bonchev–Trinajstić information content (AvgIpc) is 1.38. The molecule has 0 fully saturated rings. The van der Waals surface area contributed by atoms with Crippen molar-refractivity contribution >= 4 is 7.32 Å². The van der Waals surface area contributed by atoms with Crippen molar-refractivity contribution in [3.63, 3.8) is 0 Å². The molecule has 0 spiro atoms. The monoisotopic (exact) mass is 101 g/mol. The van der Waals surface area contributed by atoms with E-state index in [1.807, 2.05) is 0 Å². The van der Waals surface area contributed by atoms with E-state index in [1.165, 1.54) is 0 Å². The van der Waals surface area contributed by atoms with Crippen molar-refractivity contribution in [1.29, 1.82) is 0 Å². The SMILES string of the molecule is NOB(O)O.[H-].[Na+]. The molecule has 6 heteroatoms. The molecular weight excluding hydrogens is 95.8 g/mol. The van der Waals surface area contributed by atoms with Gasteiger partial charge >= 0.3 is 36.9 Å². The van der Waals surface area contributed by atoms with Gasteiger partial charge in [-0.15, -0.1) is 0 Å². The van der Waals surface area contributed by atoms with Gasteiger partial charge < -0.3 is 16.2 Å². The standard InChI is InChI=1S/BH4NO3.Na.H/c2-5-1(3)4;;/h3-4H,2H2;;/q;+1;-1. The summed E-state index contributed by atoms with van der Waals surface area (Å²) in [6.07, 6.45) is 0. The van der Waals surface area contributed by atoms with Crippen LogP contribution in [0.5, 0.6) is 0 Å². The molecule has 0 radical (unpaired) electrons. The summed E-state index contributed by atoms with van der Waals surface area (Å²) in [5.41, 5.74) is 0. The van der Waals surface area contributed by atoms with E-state index in [0.717, 1.165) is 0 Å². The first-order valence-corrected chi connectivity index (χ1v) is 0.988. The number of rotatable bonds is 1. The van der Waals surface area contributed by atoms with Crippen molar-refractivity contribution in [2.75, 3.05) is 0 Å². The van der Waals surface area contributed by atoms with Crippen LogP contribution in [0.15, 0.2) is 0 Å². The number of nitrogens with two attached hydrogens (primary N) is 1. The van der Waals surface area contributed by atoms with Gasteiger partial charge in [-0.3, -0.25) is 0 Å². The van der Waals surface area contributed by atoms with Crippen molar-refractivity contribution in [3.8, 4) is 0 Å². The summed E-state index contributed by atoms with van der Waals surface area (Å²) in [6.45, 7) is 0. The van der Waals surface area contributed by atoms with Crippen molar-refractivity contribution in [3.05, 3.63) is 0 Å². The van der Waals surface area contributed by atoms with Gasteiger partial charge in [0.2, 0.25) is 0 Å². The number of hydrogen-bond acceptors (Lipinski definition) is 4. The number of hydrogen-bond donors (Lipinski definition) is 3. The van der Waals surface area contributed by atoms with Gasteiger partial charge in [-0.25, -0.2) is 5.90 Å². The third-order valence-corrected chi connectivity index (χ3v) is 0.122. The predicted molar refractivity (Wildman–Crippen MR) is 16.6 cm³/mol. The fraction of sp³-hybridized carbons (Fsp3) is 0. The molecule has 0 rings (SSSR count). The van der Waals surface area contributed by atoms with Crippen LogP contribution in [0.3, 0.4) is 0 Å². The second-order valence-corrected chi connectivity index (χ2v) is 0.462. The van der Waals surface area contributed by atoms with E-state index in [4.69, 9.17) is 10.0 Å². The molecule has 0 unspecified atom stereocenters. The van der Waals surface area contributed by atoms with Crippen LogP contribution in [0, 0.1) is 0 Å². The molecule has 0 saturated carbocycles. The second kappa shape index (κ2) is 5.90. The Hall–Kier alpha value is 0.905. The fourth-order valence-corrected chi connectivity index (χ4v) is 0. The van der Waals surface area contributed by atoms with E-state index < -0.39 is 7.32 Å². The third kappa shape index (κ3) is 8.86. The zero-order valence-corrected chi connectivity index (χ0v) is 5.46. The summed E-state index contributed by atoms with van der Waals surface area (Å²) < 4.78 is 3.36. The topological polar surface area (TPSA) is 75.7 Å². The van der Waals surface area contributed by atoms with Gasteiger partial charge in [-0.1, -0.05) is 0 Å². The van der Waals surface area contributed by atoms with Crippen LogP contribution in [0.4, 0.5) is 0 Å². The first kappa shape index (κ1) is 10.0. The zero-order valence-electron chi connectivity index (χ0n) is 4.46. The summed E-state index contributed by atoms with van der Waals surface area (Å²) in [4.78, 5) is 0. The molecule has 0 heterocycles. The molecular formula is H5BNNaO3. The summed E-state index contributed by atoms with van der Waals surface area (Å²) in [5.74, 6) is 4.17. The minimum absolute atomic E-state index is 0. The second-order valence-electron chi connectivity index (χ2n) is 0.462. The molecule has 0 bridgehead atoms. The van der Waals surface area contributed by atoms with Gasteiger partial charge in [-0.2, -0.15) is 0 Å². The molecule has 4 nitrogen and oxygen atoms in total. The van der Waals surface area contributed by atoms with E-state index in [2.05, 4.69) is 10.7 Å². The van der Waals surface area contributed by atoms with Crippen LogP contribution in [-0.4, -0.2) is 17.4 Å². The molecule has 0 aliphatic carbocycles. The van der Waals surface area contributed by atoms with Crippen LogP contribution in [0.2, 0.25) is 0 Å². The van der Waals surface area contributed by atoms with E-state index >= 15 is 0 Å². The molecule has 0 saturated heterocycles. The molecule has 0 aromatic heterocycles. The van der Waals surface area contributed by atoms with E-state index in [-0.39, 0.29) is 31.0 Å². The van der Waals surface area contributed by atoms with Gasteiger partial charge in [0.1, 0.15) is 0 Å². The third-order valence-electron chi connectivity index (χ3n) is 0.122. The van der Waals surface area contributed by atoms with Crippen LogP contribution in [0.1, 0.15) is 1.43 Å². The maximum absolute atomic E-state index is 7.57. The minimum atomic E-state index is -1.84. The first-order valence-electron chi connectivity index (χ1n) is 0.988. The minimum Gasteiger partial charge on any atom is -1.00 e. The van der Waals surface area contributed by atoms with Crippen molar-refractivity contribution in [2.45, 2.75) is 0 Å². The summed E-state index contributed by atoms with van der Waals surface area (Å²) in [6, 6.07) is 0. The Morgan fingerprint density at radius 1 is 1.67 bits per heavy atom. The predicted octanol–water partition coefficient (Wildman–Crippen LogP) is -5.04. The zero-order chi connectivity index (χ0) is 4.28. The van der Waals surface area contributed by atoms with Crippen LogP contribution in [0.25, 0.3) is 0 Å². The molecule has 32 valence electrons. The maximum Gasteiger partial charge on any atom is 1.00 e. The molecule has 4 N–H and O–H groups in total. The quantitative estimate of drug-likeness (QED) is 0.228. The Labute approximate surface area is 59.2 Å². The van der Waals surface area contributed by atoms with Gasteiger partial charge in [0.05, 0.1) is 0 Å². The van der Waals surface area contributed by atoms with Crippen molar-refractivity contribution in [1.82, 2.24) is 0 Å². The molecule has 0 aliphatic heterocycles. The Bertz CT molecular complexity index is 28.9. The van der Waals surface area contributed by atoms with Gasteiger partial charge in [-0.05, 0) is 0 Å². The molecule has 0 aromatic carbocycles. The van der Waals surface area contributed by atoms with E-state index in [1.54, 1.807) is 0 Å². The van der Waals surface area contributed by atoms with Crippen LogP contribution < -0.4 is 35.5 Å². The fourth-order valence-electron chi connectivity index (χ4n) is 0. The first-order chi connectivity index (χ1) is 2.27. The van der Waals surface area contributed by atoms with Gasteiger partial charge in [0.25, 0.3) is 0 Å². The van der Waals surface area contributed by atoms with Crippen molar-refractivity contribution < 1.29 is 45.8 Å². The Kier molecular flexibility index (Phi) is 9.85. The maximum atomic E-state index is 7.57. The Morgan fingerprint density at radius 3 is 1.83 bits per heavy atom. The van der Waals surface area contributed by atoms with E-state index in [0.29, 0.717) is 0 Å². The molecule has 0 amide bonds. The van der Waals surface area contributed by atoms with Crippen molar-refractivity contribution in [2.24, 2.45) is 5.90 Å². The Morgan fingerprint density at radius 2 is 1.83 bits per heavy atom. The smallest absolute Gasteiger partial charge is 1.00 e. The molecule has 0 atom stereocenters. The largest absolute Gasteiger partial charge is 1.00 e. The average molecular weight is 101 g/mol. The van der Waals surface area contributed by atoms with Crippen LogP contribution >= 0.6 is 0 Å². The van der Waals surface area contributed by atoms with Gasteiger partial charge in [0, 0.05) is 0 Å². The summed E-state index contributed by atoms with van der Waals surface area (Å²) >= 11 is 0. The Balaban J connectivity index is -0.0000000800. The summed E-state index contributed by atoms with van der Waals surface area (Å²) in [7, 11) is -1.84. The van der Waals surface area contributed by atoms with Gasteiger partial charge in [0.15, 0.2) is 0 Å². The summed E-state index contributed by atoms with van der Waals surface area (Å²) in [5, 5.41) is 15.1. The van der Waals surface area contributed by atoms with Crippen LogP contribution in [-0.2, 0) is 4.76 Å². The molecule has 6 heavy (non-hydrogen) atoms. The molecule has 0 aliphatic rings. The molecule has 0 aromatic rings. The van der Waals surface area contributed by atoms with E-state index in [9.17, 15) is 0 Å².